The molecule has 0 saturated heterocycles. The molecular formula is C19H38N2. The van der Waals surface area contributed by atoms with Crippen LogP contribution in [0.4, 0.5) is 0 Å². The van der Waals surface area contributed by atoms with Crippen LogP contribution in [-0.2, 0) is 0 Å². The number of rotatable bonds is 7. The molecule has 2 nitrogen and oxygen atoms in total. The second-order valence-corrected chi connectivity index (χ2v) is 8.47. The summed E-state index contributed by atoms with van der Waals surface area (Å²) in [5.41, 5.74) is 0.540. The van der Waals surface area contributed by atoms with E-state index in [2.05, 4.69) is 38.0 Å². The maximum absolute atomic E-state index is 3.52. The van der Waals surface area contributed by atoms with Crippen molar-refractivity contribution in [2.75, 3.05) is 26.7 Å². The zero-order valence-electron chi connectivity index (χ0n) is 15.0. The number of hydrogen-bond acceptors (Lipinski definition) is 2. The predicted octanol–water partition coefficient (Wildman–Crippen LogP) is 4.30. The first-order chi connectivity index (χ1) is 10.0. The monoisotopic (exact) mass is 294 g/mol. The second-order valence-electron chi connectivity index (χ2n) is 8.47. The fourth-order valence-electron chi connectivity index (χ4n) is 4.65. The van der Waals surface area contributed by atoms with Crippen molar-refractivity contribution in [1.82, 2.24) is 10.2 Å². The molecule has 2 heteroatoms. The van der Waals surface area contributed by atoms with E-state index in [0.29, 0.717) is 5.41 Å². The molecule has 0 aliphatic heterocycles. The van der Waals surface area contributed by atoms with Crippen molar-refractivity contribution in [1.29, 1.82) is 0 Å². The van der Waals surface area contributed by atoms with Gasteiger partial charge in [0.2, 0.25) is 0 Å². The lowest BCUT2D eigenvalue weighted by Gasteiger charge is -2.45. The Morgan fingerprint density at radius 1 is 1.10 bits per heavy atom. The van der Waals surface area contributed by atoms with Crippen molar-refractivity contribution in [2.45, 2.75) is 78.2 Å². The van der Waals surface area contributed by atoms with Gasteiger partial charge in [0, 0.05) is 25.7 Å². The van der Waals surface area contributed by atoms with E-state index in [0.717, 1.165) is 17.9 Å². The van der Waals surface area contributed by atoms with Gasteiger partial charge in [0.25, 0.3) is 0 Å². The summed E-state index contributed by atoms with van der Waals surface area (Å²) in [5.74, 6) is 1.74. The molecule has 0 aromatic rings. The van der Waals surface area contributed by atoms with Crippen LogP contribution in [0, 0.1) is 17.3 Å². The van der Waals surface area contributed by atoms with Crippen LogP contribution in [0.25, 0.3) is 0 Å². The lowest BCUT2D eigenvalue weighted by atomic mass is 9.70. The van der Waals surface area contributed by atoms with Crippen molar-refractivity contribution in [3.8, 4) is 0 Å². The van der Waals surface area contributed by atoms with E-state index >= 15 is 0 Å². The van der Waals surface area contributed by atoms with E-state index in [1.165, 1.54) is 71.0 Å². The molecule has 2 saturated carbocycles. The summed E-state index contributed by atoms with van der Waals surface area (Å²) in [6, 6.07) is 0.875. The molecule has 0 aromatic heterocycles. The summed E-state index contributed by atoms with van der Waals surface area (Å²) in [6.45, 7) is 11.0. The third-order valence-electron chi connectivity index (χ3n) is 5.87. The van der Waals surface area contributed by atoms with Crippen LogP contribution >= 0.6 is 0 Å². The van der Waals surface area contributed by atoms with Gasteiger partial charge < -0.3 is 5.32 Å². The van der Waals surface area contributed by atoms with Gasteiger partial charge in [-0.05, 0) is 50.0 Å². The molecule has 0 radical (unpaired) electrons. The van der Waals surface area contributed by atoms with Crippen LogP contribution < -0.4 is 5.32 Å². The van der Waals surface area contributed by atoms with Gasteiger partial charge in [0.05, 0.1) is 0 Å². The minimum atomic E-state index is 0.540. The second kappa shape index (κ2) is 7.97. The van der Waals surface area contributed by atoms with Gasteiger partial charge in [0.1, 0.15) is 0 Å². The van der Waals surface area contributed by atoms with Crippen LogP contribution in [0.3, 0.4) is 0 Å². The Bertz CT molecular complexity index is 286. The number of hydrogen-bond donors (Lipinski definition) is 1. The van der Waals surface area contributed by atoms with Crippen molar-refractivity contribution in [2.24, 2.45) is 17.3 Å². The highest BCUT2D eigenvalue weighted by Crippen LogP contribution is 2.40. The third-order valence-corrected chi connectivity index (χ3v) is 5.87. The summed E-state index contributed by atoms with van der Waals surface area (Å²) in [5, 5.41) is 3.52. The lowest BCUT2D eigenvalue weighted by molar-refractivity contribution is 0.0579. The normalized spacial score (nSPS) is 31.4. The quantitative estimate of drug-likeness (QED) is 0.753. The molecule has 2 aliphatic rings. The Balaban J connectivity index is 2.03. The van der Waals surface area contributed by atoms with Crippen molar-refractivity contribution >= 4 is 0 Å². The van der Waals surface area contributed by atoms with Gasteiger partial charge >= 0.3 is 0 Å². The van der Waals surface area contributed by atoms with Crippen molar-refractivity contribution in [3.05, 3.63) is 0 Å². The number of nitrogens with zero attached hydrogens (tertiary/aromatic N) is 1. The Kier molecular flexibility index (Phi) is 6.55. The van der Waals surface area contributed by atoms with Gasteiger partial charge in [0.15, 0.2) is 0 Å². The Hall–Kier alpha value is -0.0800. The van der Waals surface area contributed by atoms with Crippen molar-refractivity contribution < 1.29 is 0 Å². The third kappa shape index (κ3) is 4.96. The molecule has 0 heterocycles. The molecule has 0 bridgehead atoms. The summed E-state index contributed by atoms with van der Waals surface area (Å²) in [7, 11) is 2.14. The highest BCUT2D eigenvalue weighted by Gasteiger charge is 2.37. The fraction of sp³-hybridized carbons (Fsp3) is 1.00. The zero-order chi connectivity index (χ0) is 15.3. The summed E-state index contributed by atoms with van der Waals surface area (Å²) >= 11 is 0. The largest absolute Gasteiger partial charge is 0.319 e. The molecule has 1 N–H and O–H groups in total. The Morgan fingerprint density at radius 3 is 2.24 bits per heavy atom. The maximum Gasteiger partial charge on any atom is 0.00956 e. The van der Waals surface area contributed by atoms with Crippen LogP contribution in [0.15, 0.2) is 0 Å². The smallest absolute Gasteiger partial charge is 0.00956 e. The van der Waals surface area contributed by atoms with Gasteiger partial charge in [-0.15, -0.1) is 0 Å². The molecule has 21 heavy (non-hydrogen) atoms. The predicted molar refractivity (Wildman–Crippen MR) is 92.7 cm³/mol. The molecule has 0 spiro atoms. The van der Waals surface area contributed by atoms with Gasteiger partial charge in [-0.1, -0.05) is 46.5 Å². The van der Waals surface area contributed by atoms with Gasteiger partial charge in [-0.3, -0.25) is 4.90 Å². The van der Waals surface area contributed by atoms with E-state index in [1.54, 1.807) is 0 Å². The molecule has 2 rings (SSSR count). The average Bonchev–Trinajstić information content (AvgIpc) is 2.95. The van der Waals surface area contributed by atoms with Crippen molar-refractivity contribution in [3.63, 3.8) is 0 Å². The summed E-state index contributed by atoms with van der Waals surface area (Å²) in [4.78, 5) is 2.88. The molecule has 0 atom stereocenters. The summed E-state index contributed by atoms with van der Waals surface area (Å²) < 4.78 is 0. The van der Waals surface area contributed by atoms with Gasteiger partial charge in [-0.25, -0.2) is 0 Å². The molecule has 2 aliphatic carbocycles. The SMILES string of the molecule is CNCC1(CN(CC(C)C)C2CCCC2)CCC(C)CC1. The molecular weight excluding hydrogens is 256 g/mol. The van der Waals surface area contributed by atoms with E-state index < -0.39 is 0 Å². The molecule has 2 fully saturated rings. The first-order valence-electron chi connectivity index (χ1n) is 9.43. The standard InChI is InChI=1S/C19H38N2/c1-16(2)13-21(18-7-5-6-8-18)15-19(14-20-4)11-9-17(3)10-12-19/h16-18,20H,5-15H2,1-4H3. The van der Waals surface area contributed by atoms with Gasteiger partial charge in [-0.2, -0.15) is 0 Å². The maximum atomic E-state index is 3.52. The Labute approximate surface area is 133 Å². The highest BCUT2D eigenvalue weighted by molar-refractivity contribution is 4.91. The van der Waals surface area contributed by atoms with Crippen LogP contribution in [0.5, 0.6) is 0 Å². The first-order valence-corrected chi connectivity index (χ1v) is 9.43. The summed E-state index contributed by atoms with van der Waals surface area (Å²) in [6.07, 6.45) is 11.5. The van der Waals surface area contributed by atoms with E-state index in [9.17, 15) is 0 Å². The van der Waals surface area contributed by atoms with E-state index in [-0.39, 0.29) is 0 Å². The van der Waals surface area contributed by atoms with Crippen LogP contribution in [-0.4, -0.2) is 37.6 Å². The molecule has 0 aromatic carbocycles. The lowest BCUT2D eigenvalue weighted by Crippen LogP contribution is -2.49. The van der Waals surface area contributed by atoms with Crippen LogP contribution in [0.1, 0.15) is 72.1 Å². The average molecular weight is 295 g/mol. The fourth-order valence-corrected chi connectivity index (χ4v) is 4.65. The van der Waals surface area contributed by atoms with E-state index in [1.807, 2.05) is 0 Å². The molecule has 124 valence electrons. The van der Waals surface area contributed by atoms with E-state index in [4.69, 9.17) is 0 Å². The molecule has 0 amide bonds. The van der Waals surface area contributed by atoms with Crippen LogP contribution in [0.2, 0.25) is 0 Å². The zero-order valence-corrected chi connectivity index (χ0v) is 15.0. The Morgan fingerprint density at radius 2 is 1.71 bits per heavy atom. The minimum absolute atomic E-state index is 0.540. The number of nitrogens with one attached hydrogen (secondary N) is 1. The topological polar surface area (TPSA) is 15.3 Å². The highest BCUT2D eigenvalue weighted by atomic mass is 15.2. The molecule has 0 unspecified atom stereocenters. The minimum Gasteiger partial charge on any atom is -0.319 e. The first kappa shape index (κ1) is 17.3.